The number of carbonyl (C=O) groups is 1. The first-order valence-electron chi connectivity index (χ1n) is 5.19. The molecule has 3 rings (SSSR count). The molecule has 1 aromatic rings. The lowest BCUT2D eigenvalue weighted by Crippen LogP contribution is -2.39. The molecule has 2 heterocycles. The van der Waals surface area contributed by atoms with Crippen molar-refractivity contribution in [1.29, 1.82) is 0 Å². The zero-order chi connectivity index (χ0) is 10.7. The highest BCUT2D eigenvalue weighted by molar-refractivity contribution is 5.87. The van der Waals surface area contributed by atoms with Crippen molar-refractivity contribution >= 4 is 5.91 Å². The Balaban J connectivity index is 2.29. The lowest BCUT2D eigenvalue weighted by molar-refractivity contribution is -0.147. The monoisotopic (exact) mass is 203 g/mol. The average molecular weight is 203 g/mol. The maximum Gasteiger partial charge on any atom is 0.254 e. The molecule has 0 spiro atoms. The van der Waals surface area contributed by atoms with E-state index in [2.05, 4.69) is 0 Å². The molecule has 2 N–H and O–H groups in total. The van der Waals surface area contributed by atoms with Gasteiger partial charge in [0.1, 0.15) is 0 Å². The van der Waals surface area contributed by atoms with Gasteiger partial charge in [-0.25, -0.2) is 0 Å². The van der Waals surface area contributed by atoms with Gasteiger partial charge in [0.15, 0.2) is 5.60 Å². The Morgan fingerprint density at radius 3 is 2.67 bits per heavy atom. The highest BCUT2D eigenvalue weighted by Crippen LogP contribution is 2.57. The Labute approximate surface area is 88.2 Å². The summed E-state index contributed by atoms with van der Waals surface area (Å²) in [6.45, 7) is 2.03. The quantitative estimate of drug-likeness (QED) is 0.750. The number of ether oxygens (including phenoxy) is 1. The third kappa shape index (κ3) is 0.868. The smallest absolute Gasteiger partial charge is 0.254 e. The summed E-state index contributed by atoms with van der Waals surface area (Å²) in [6, 6.07) is 7.88. The summed E-state index contributed by atoms with van der Waals surface area (Å²) < 4.78 is 5.90. The molecule has 0 saturated carbocycles. The van der Waals surface area contributed by atoms with E-state index in [-0.39, 0.29) is 11.5 Å². The van der Waals surface area contributed by atoms with Gasteiger partial charge in [-0.15, -0.1) is 0 Å². The molecule has 3 heteroatoms. The van der Waals surface area contributed by atoms with Crippen LogP contribution in [-0.2, 0) is 20.7 Å². The van der Waals surface area contributed by atoms with Crippen molar-refractivity contribution in [1.82, 2.24) is 0 Å². The zero-order valence-corrected chi connectivity index (χ0v) is 8.62. The Hall–Kier alpha value is -1.35. The van der Waals surface area contributed by atoms with E-state index >= 15 is 0 Å². The van der Waals surface area contributed by atoms with Crippen molar-refractivity contribution in [2.24, 2.45) is 5.73 Å². The summed E-state index contributed by atoms with van der Waals surface area (Å²) >= 11 is 0. The molecule has 15 heavy (non-hydrogen) atoms. The van der Waals surface area contributed by atoms with Crippen molar-refractivity contribution in [3.63, 3.8) is 0 Å². The third-order valence-electron chi connectivity index (χ3n) is 3.68. The van der Waals surface area contributed by atoms with Crippen molar-refractivity contribution < 1.29 is 9.53 Å². The lowest BCUT2D eigenvalue weighted by Gasteiger charge is -2.22. The van der Waals surface area contributed by atoms with Crippen molar-refractivity contribution in [2.75, 3.05) is 0 Å². The van der Waals surface area contributed by atoms with Gasteiger partial charge in [-0.1, -0.05) is 24.3 Å². The number of carbonyl (C=O) groups excluding carboxylic acids is 1. The molecular formula is C12H13NO2. The number of primary amides is 1. The van der Waals surface area contributed by atoms with E-state index in [1.54, 1.807) is 0 Å². The van der Waals surface area contributed by atoms with Crippen LogP contribution in [0.3, 0.4) is 0 Å². The first-order chi connectivity index (χ1) is 7.08. The van der Waals surface area contributed by atoms with Crippen LogP contribution in [0, 0.1) is 0 Å². The molecule has 2 aliphatic heterocycles. The molecule has 2 aliphatic rings. The number of amides is 1. The summed E-state index contributed by atoms with van der Waals surface area (Å²) in [6.07, 6.45) is 1.57. The number of hydrogen-bond acceptors (Lipinski definition) is 2. The maximum absolute atomic E-state index is 11.6. The fraction of sp³-hybridized carbons (Fsp3) is 0.417. The van der Waals surface area contributed by atoms with Crippen LogP contribution in [0.25, 0.3) is 0 Å². The first kappa shape index (κ1) is 8.92. The van der Waals surface area contributed by atoms with Crippen molar-refractivity contribution in [3.05, 3.63) is 35.4 Å². The van der Waals surface area contributed by atoms with E-state index in [4.69, 9.17) is 10.5 Å². The Morgan fingerprint density at radius 1 is 1.33 bits per heavy atom. The van der Waals surface area contributed by atoms with Gasteiger partial charge in [0.25, 0.3) is 5.91 Å². The van der Waals surface area contributed by atoms with Crippen LogP contribution in [0.15, 0.2) is 24.3 Å². The highest BCUT2D eigenvalue weighted by atomic mass is 16.5. The van der Waals surface area contributed by atoms with E-state index in [1.807, 2.05) is 31.2 Å². The Morgan fingerprint density at radius 2 is 2.00 bits per heavy atom. The van der Waals surface area contributed by atoms with Crippen LogP contribution < -0.4 is 5.73 Å². The molecule has 0 aromatic heterocycles. The summed E-state index contributed by atoms with van der Waals surface area (Å²) in [5, 5.41) is 0. The molecule has 1 aromatic carbocycles. The van der Waals surface area contributed by atoms with E-state index in [9.17, 15) is 4.79 Å². The van der Waals surface area contributed by atoms with Gasteiger partial charge in [0.05, 0.1) is 5.60 Å². The predicted molar refractivity (Wildman–Crippen MR) is 55.0 cm³/mol. The zero-order valence-electron chi connectivity index (χ0n) is 8.62. The minimum Gasteiger partial charge on any atom is -0.367 e. The van der Waals surface area contributed by atoms with Gasteiger partial charge in [0, 0.05) is 0 Å². The Bertz CT molecular complexity index is 457. The second-order valence-corrected chi connectivity index (χ2v) is 4.57. The highest BCUT2D eigenvalue weighted by Gasteiger charge is 2.60. The van der Waals surface area contributed by atoms with Crippen LogP contribution in [-0.4, -0.2) is 5.91 Å². The Kier molecular flexibility index (Phi) is 1.44. The summed E-state index contributed by atoms with van der Waals surface area (Å²) in [5.74, 6) is -0.365. The van der Waals surface area contributed by atoms with Crippen LogP contribution in [0.1, 0.15) is 30.9 Å². The number of benzene rings is 1. The van der Waals surface area contributed by atoms with E-state index in [0.717, 1.165) is 17.5 Å². The largest absolute Gasteiger partial charge is 0.367 e. The van der Waals surface area contributed by atoms with E-state index in [0.29, 0.717) is 6.42 Å². The number of fused-ring (bicyclic) bond motifs is 5. The van der Waals surface area contributed by atoms with E-state index in [1.165, 1.54) is 0 Å². The molecule has 0 unspecified atom stereocenters. The molecule has 78 valence electrons. The minimum absolute atomic E-state index is 0.314. The van der Waals surface area contributed by atoms with Crippen LogP contribution in [0.4, 0.5) is 0 Å². The molecule has 2 atom stereocenters. The number of hydrogen-bond donors (Lipinski definition) is 1. The van der Waals surface area contributed by atoms with Gasteiger partial charge in [0.2, 0.25) is 0 Å². The SMILES string of the molecule is C[C@@]12CC[C@@](C(N)=O)(O1)c1ccccc12. The number of rotatable bonds is 1. The molecular weight excluding hydrogens is 190 g/mol. The fourth-order valence-corrected chi connectivity index (χ4v) is 2.88. The van der Waals surface area contributed by atoms with Crippen LogP contribution in [0.5, 0.6) is 0 Å². The fourth-order valence-electron chi connectivity index (χ4n) is 2.88. The molecule has 1 amide bonds. The minimum atomic E-state index is -0.856. The molecule has 2 bridgehead atoms. The van der Waals surface area contributed by atoms with Crippen LogP contribution >= 0.6 is 0 Å². The predicted octanol–water partition coefficient (Wildman–Crippen LogP) is 1.41. The molecule has 0 radical (unpaired) electrons. The van der Waals surface area contributed by atoms with Crippen molar-refractivity contribution in [3.8, 4) is 0 Å². The lowest BCUT2D eigenvalue weighted by atomic mass is 9.77. The molecule has 3 nitrogen and oxygen atoms in total. The molecule has 1 saturated heterocycles. The second kappa shape index (κ2) is 2.42. The van der Waals surface area contributed by atoms with Gasteiger partial charge in [-0.05, 0) is 30.9 Å². The summed E-state index contributed by atoms with van der Waals surface area (Å²) in [4.78, 5) is 11.6. The molecule has 0 aliphatic carbocycles. The van der Waals surface area contributed by atoms with Gasteiger partial charge < -0.3 is 10.5 Å². The van der Waals surface area contributed by atoms with Crippen LogP contribution in [0.2, 0.25) is 0 Å². The maximum atomic E-state index is 11.6. The first-order valence-corrected chi connectivity index (χ1v) is 5.19. The van der Waals surface area contributed by atoms with Crippen molar-refractivity contribution in [2.45, 2.75) is 31.0 Å². The standard InChI is InChI=1S/C12H13NO2/c1-11-6-7-12(15-11,10(13)14)9-5-3-2-4-8(9)11/h2-5H,6-7H2,1H3,(H2,13,14)/t11-,12+/m0/s1. The topological polar surface area (TPSA) is 52.3 Å². The summed E-state index contributed by atoms with van der Waals surface area (Å²) in [5.41, 5.74) is 6.39. The number of nitrogens with two attached hydrogens (primary N) is 1. The van der Waals surface area contributed by atoms with Gasteiger partial charge in [-0.2, -0.15) is 0 Å². The van der Waals surface area contributed by atoms with Gasteiger partial charge in [-0.3, -0.25) is 4.79 Å². The van der Waals surface area contributed by atoms with Gasteiger partial charge >= 0.3 is 0 Å². The van der Waals surface area contributed by atoms with E-state index < -0.39 is 5.60 Å². The second-order valence-electron chi connectivity index (χ2n) is 4.57. The molecule has 1 fully saturated rings. The summed E-state index contributed by atoms with van der Waals surface area (Å²) in [7, 11) is 0. The normalized spacial score (nSPS) is 36.6. The third-order valence-corrected chi connectivity index (χ3v) is 3.68. The average Bonchev–Trinajstić information content (AvgIpc) is 2.70.